The monoisotopic (exact) mass is 911 g/mol. The number of esters is 3. The molecular formula is C59H106O6. The maximum absolute atomic E-state index is 12.8. The van der Waals surface area contributed by atoms with E-state index in [-0.39, 0.29) is 31.1 Å². The fraction of sp³-hybridized carbons (Fsp3) is 0.814. The summed E-state index contributed by atoms with van der Waals surface area (Å²) >= 11 is 0. The van der Waals surface area contributed by atoms with Crippen molar-refractivity contribution in [2.45, 2.75) is 297 Å². The third-order valence-corrected chi connectivity index (χ3v) is 12.4. The standard InChI is InChI=1S/C59H106O6/c1-4-7-10-13-16-19-22-25-27-28-29-30-32-34-37-40-43-46-49-52-58(61)64-55-56(54-63-57(60)51-48-45-42-39-36-33-24-21-18-15-12-9-6-3)65-59(62)53-50-47-44-41-38-35-31-26-23-20-17-14-11-8-5-2/h16-17,19-20,22-23,25-26,56H,4-15,18,21,24,27-55H2,1-3H3/b19-16-,20-17-,25-22-,26-23-. The summed E-state index contributed by atoms with van der Waals surface area (Å²) in [6.45, 7) is 6.60. The van der Waals surface area contributed by atoms with Gasteiger partial charge in [0.2, 0.25) is 0 Å². The van der Waals surface area contributed by atoms with Gasteiger partial charge in [-0.3, -0.25) is 14.4 Å². The lowest BCUT2D eigenvalue weighted by molar-refractivity contribution is -0.167. The number of unbranched alkanes of at least 4 members (excludes halogenated alkanes) is 34. The number of hydrogen-bond acceptors (Lipinski definition) is 6. The van der Waals surface area contributed by atoms with E-state index in [1.54, 1.807) is 0 Å². The fourth-order valence-corrected chi connectivity index (χ4v) is 8.07. The molecule has 0 fully saturated rings. The van der Waals surface area contributed by atoms with Crippen LogP contribution in [0.15, 0.2) is 48.6 Å². The van der Waals surface area contributed by atoms with Crippen LogP contribution in [0.25, 0.3) is 0 Å². The normalized spacial score (nSPS) is 12.4. The number of hydrogen-bond donors (Lipinski definition) is 0. The van der Waals surface area contributed by atoms with Gasteiger partial charge in [0.05, 0.1) is 0 Å². The van der Waals surface area contributed by atoms with Crippen LogP contribution in [-0.4, -0.2) is 37.2 Å². The molecule has 0 saturated carbocycles. The Labute approximate surface area is 403 Å². The molecule has 0 aliphatic carbocycles. The van der Waals surface area contributed by atoms with Crippen molar-refractivity contribution in [3.63, 3.8) is 0 Å². The third kappa shape index (κ3) is 52.2. The van der Waals surface area contributed by atoms with Crippen LogP contribution in [0.1, 0.15) is 290 Å². The first-order chi connectivity index (χ1) is 32.0. The maximum Gasteiger partial charge on any atom is 0.306 e. The van der Waals surface area contributed by atoms with Gasteiger partial charge in [0.1, 0.15) is 13.2 Å². The van der Waals surface area contributed by atoms with Crippen molar-refractivity contribution in [1.29, 1.82) is 0 Å². The number of ether oxygens (including phenoxy) is 3. The Morgan fingerprint density at radius 2 is 0.538 bits per heavy atom. The molecule has 0 aromatic heterocycles. The zero-order valence-electron chi connectivity index (χ0n) is 43.3. The van der Waals surface area contributed by atoms with E-state index < -0.39 is 6.10 Å². The van der Waals surface area contributed by atoms with Crippen molar-refractivity contribution in [3.05, 3.63) is 48.6 Å². The lowest BCUT2D eigenvalue weighted by Gasteiger charge is -2.18. The fourth-order valence-electron chi connectivity index (χ4n) is 8.07. The van der Waals surface area contributed by atoms with Gasteiger partial charge in [-0.15, -0.1) is 0 Å². The molecule has 0 amide bonds. The number of carbonyl (C=O) groups is 3. The van der Waals surface area contributed by atoms with Crippen molar-refractivity contribution >= 4 is 17.9 Å². The van der Waals surface area contributed by atoms with Gasteiger partial charge in [-0.25, -0.2) is 0 Å². The summed E-state index contributed by atoms with van der Waals surface area (Å²) in [5.41, 5.74) is 0. The summed E-state index contributed by atoms with van der Waals surface area (Å²) in [7, 11) is 0. The van der Waals surface area contributed by atoms with E-state index in [4.69, 9.17) is 14.2 Å². The molecule has 0 rings (SSSR count). The second-order valence-corrected chi connectivity index (χ2v) is 18.9. The van der Waals surface area contributed by atoms with Crippen LogP contribution in [0.3, 0.4) is 0 Å². The Morgan fingerprint density at radius 1 is 0.308 bits per heavy atom. The highest BCUT2D eigenvalue weighted by molar-refractivity contribution is 5.71. The lowest BCUT2D eigenvalue weighted by atomic mass is 10.0. The second-order valence-electron chi connectivity index (χ2n) is 18.9. The van der Waals surface area contributed by atoms with Crippen molar-refractivity contribution in [2.24, 2.45) is 0 Å². The van der Waals surface area contributed by atoms with Gasteiger partial charge in [0.15, 0.2) is 6.10 Å². The quantitative estimate of drug-likeness (QED) is 0.0262. The van der Waals surface area contributed by atoms with E-state index in [0.717, 1.165) is 64.2 Å². The average molecular weight is 911 g/mol. The molecule has 0 aromatic carbocycles. The largest absolute Gasteiger partial charge is 0.462 e. The van der Waals surface area contributed by atoms with Crippen molar-refractivity contribution in [1.82, 2.24) is 0 Å². The van der Waals surface area contributed by atoms with Crippen LogP contribution >= 0.6 is 0 Å². The number of rotatable bonds is 51. The third-order valence-electron chi connectivity index (χ3n) is 12.4. The van der Waals surface area contributed by atoms with E-state index in [1.165, 1.54) is 186 Å². The minimum absolute atomic E-state index is 0.0761. The smallest absolute Gasteiger partial charge is 0.306 e. The summed E-state index contributed by atoms with van der Waals surface area (Å²) in [5.74, 6) is -0.879. The maximum atomic E-state index is 12.8. The average Bonchev–Trinajstić information content (AvgIpc) is 3.30. The molecule has 65 heavy (non-hydrogen) atoms. The van der Waals surface area contributed by atoms with Gasteiger partial charge in [0.25, 0.3) is 0 Å². The Kier molecular flexibility index (Phi) is 51.8. The van der Waals surface area contributed by atoms with Crippen LogP contribution in [-0.2, 0) is 28.6 Å². The van der Waals surface area contributed by atoms with E-state index >= 15 is 0 Å². The van der Waals surface area contributed by atoms with Crippen LogP contribution in [0.4, 0.5) is 0 Å². The zero-order chi connectivity index (χ0) is 47.2. The highest BCUT2D eigenvalue weighted by Gasteiger charge is 2.19. The molecule has 1 atom stereocenters. The van der Waals surface area contributed by atoms with Gasteiger partial charge >= 0.3 is 17.9 Å². The molecule has 0 heterocycles. The Bertz CT molecular complexity index is 1140. The molecule has 6 nitrogen and oxygen atoms in total. The minimum atomic E-state index is -0.778. The van der Waals surface area contributed by atoms with Gasteiger partial charge in [-0.2, -0.15) is 0 Å². The number of carbonyl (C=O) groups excluding carboxylic acids is 3. The van der Waals surface area contributed by atoms with Gasteiger partial charge in [0, 0.05) is 19.3 Å². The molecule has 0 spiro atoms. The summed E-state index contributed by atoms with van der Waals surface area (Å²) in [6.07, 6.45) is 65.2. The van der Waals surface area contributed by atoms with Crippen LogP contribution in [0.5, 0.6) is 0 Å². The van der Waals surface area contributed by atoms with Crippen molar-refractivity contribution < 1.29 is 28.6 Å². The Hall–Kier alpha value is -2.63. The highest BCUT2D eigenvalue weighted by atomic mass is 16.6. The molecule has 0 aliphatic heterocycles. The molecular weight excluding hydrogens is 805 g/mol. The SMILES string of the molecule is CCCCC/C=C\C=C/CCCCCCCCCCCCC(=O)OCC(COC(=O)CCCCCCCCCCCCCCC)OC(=O)CCCCCCCC/C=C\C=C/CCCCC. The van der Waals surface area contributed by atoms with Crippen LogP contribution < -0.4 is 0 Å². The molecule has 0 N–H and O–H groups in total. The first kappa shape index (κ1) is 62.4. The molecule has 6 heteroatoms. The lowest BCUT2D eigenvalue weighted by Crippen LogP contribution is -2.30. The highest BCUT2D eigenvalue weighted by Crippen LogP contribution is 2.16. The zero-order valence-corrected chi connectivity index (χ0v) is 43.3. The van der Waals surface area contributed by atoms with E-state index in [1.807, 2.05) is 0 Å². The van der Waals surface area contributed by atoms with Gasteiger partial charge < -0.3 is 14.2 Å². The first-order valence-electron chi connectivity index (χ1n) is 28.2. The van der Waals surface area contributed by atoms with Crippen LogP contribution in [0, 0.1) is 0 Å². The summed E-state index contributed by atoms with van der Waals surface area (Å²) < 4.78 is 16.8. The molecule has 0 bridgehead atoms. The van der Waals surface area contributed by atoms with E-state index in [2.05, 4.69) is 69.4 Å². The number of allylic oxidation sites excluding steroid dienone is 8. The second kappa shape index (κ2) is 54.0. The predicted octanol–water partition coefficient (Wildman–Crippen LogP) is 18.7. The Morgan fingerprint density at radius 3 is 0.846 bits per heavy atom. The molecule has 378 valence electrons. The first-order valence-corrected chi connectivity index (χ1v) is 28.2. The molecule has 1 unspecified atom stereocenters. The molecule has 0 aromatic rings. The van der Waals surface area contributed by atoms with E-state index in [0.29, 0.717) is 19.3 Å². The molecule has 0 radical (unpaired) electrons. The van der Waals surface area contributed by atoms with Crippen molar-refractivity contribution in [2.75, 3.05) is 13.2 Å². The summed E-state index contributed by atoms with van der Waals surface area (Å²) in [4.78, 5) is 38.1. The summed E-state index contributed by atoms with van der Waals surface area (Å²) in [5, 5.41) is 0. The Balaban J connectivity index is 4.35. The molecule has 0 saturated heterocycles. The molecule has 0 aliphatic rings. The van der Waals surface area contributed by atoms with Crippen molar-refractivity contribution in [3.8, 4) is 0 Å². The minimum Gasteiger partial charge on any atom is -0.462 e. The van der Waals surface area contributed by atoms with Gasteiger partial charge in [-0.05, 0) is 70.6 Å². The topological polar surface area (TPSA) is 78.9 Å². The summed E-state index contributed by atoms with van der Waals surface area (Å²) in [6, 6.07) is 0. The predicted molar refractivity (Wildman–Crippen MR) is 279 cm³/mol. The van der Waals surface area contributed by atoms with E-state index in [9.17, 15) is 14.4 Å². The van der Waals surface area contributed by atoms with Gasteiger partial charge in [-0.1, -0.05) is 249 Å². The van der Waals surface area contributed by atoms with Crippen LogP contribution in [0.2, 0.25) is 0 Å².